The molecular formula is C18H15N4O2S2-. The lowest BCUT2D eigenvalue weighted by molar-refractivity contribution is -0.123. The Morgan fingerprint density at radius 3 is 2.27 bits per heavy atom. The van der Waals surface area contributed by atoms with Gasteiger partial charge in [-0.3, -0.25) is 15.3 Å². The molecule has 0 bridgehead atoms. The molecule has 0 aliphatic rings. The summed E-state index contributed by atoms with van der Waals surface area (Å²) < 4.78 is 5.84. The molecule has 0 aliphatic heterocycles. The summed E-state index contributed by atoms with van der Waals surface area (Å²) in [5.74, 6) is 0.0925. The van der Waals surface area contributed by atoms with Crippen LogP contribution in [-0.4, -0.2) is 27.0 Å². The number of hydrazine groups is 1. The van der Waals surface area contributed by atoms with Gasteiger partial charge in [0.25, 0.3) is 5.91 Å². The van der Waals surface area contributed by atoms with Crippen molar-refractivity contribution in [1.82, 2.24) is 21.0 Å². The fourth-order valence-electron chi connectivity index (χ4n) is 2.36. The number of hydrogen-bond acceptors (Lipinski definition) is 5. The summed E-state index contributed by atoms with van der Waals surface area (Å²) in [7, 11) is 0. The van der Waals surface area contributed by atoms with Gasteiger partial charge in [-0.05, 0) is 4.32 Å². The summed E-state index contributed by atoms with van der Waals surface area (Å²) in [6, 6.07) is 19.2. The number of hydrogen-bond donors (Lipinski definition) is 3. The summed E-state index contributed by atoms with van der Waals surface area (Å²) in [4.78, 5) is 11.9. The Morgan fingerprint density at radius 2 is 1.65 bits per heavy atom. The van der Waals surface area contributed by atoms with E-state index in [-0.39, 0.29) is 10.9 Å². The molecule has 2 aromatic carbocycles. The molecule has 0 radical (unpaired) electrons. The third-order valence-electron chi connectivity index (χ3n) is 3.48. The molecule has 8 heteroatoms. The molecule has 0 spiro atoms. The highest BCUT2D eigenvalue weighted by atomic mass is 32.1. The second kappa shape index (κ2) is 8.41. The molecule has 3 aromatic rings. The Balaban J connectivity index is 1.89. The number of benzene rings is 2. The fraction of sp³-hybridized carbons (Fsp3) is 0.0556. The highest BCUT2D eigenvalue weighted by Crippen LogP contribution is 2.36. The van der Waals surface area contributed by atoms with Crippen LogP contribution in [0, 0.1) is 0 Å². The number of aromatic nitrogens is 2. The van der Waals surface area contributed by atoms with Crippen molar-refractivity contribution in [2.75, 3.05) is 6.61 Å². The molecule has 3 rings (SSSR count). The van der Waals surface area contributed by atoms with Crippen LogP contribution in [0.3, 0.4) is 0 Å². The van der Waals surface area contributed by atoms with E-state index in [1.807, 2.05) is 60.7 Å². The number of nitrogens with one attached hydrogen (secondary N) is 3. The lowest BCUT2D eigenvalue weighted by Crippen LogP contribution is -2.42. The highest BCUT2D eigenvalue weighted by molar-refractivity contribution is 8.00. The maximum atomic E-state index is 11.9. The maximum Gasteiger partial charge on any atom is 0.276 e. The molecule has 0 saturated heterocycles. The quantitative estimate of drug-likeness (QED) is 0.357. The van der Waals surface area contributed by atoms with E-state index < -0.39 is 5.91 Å². The minimum Gasteiger partial charge on any atom is -0.479 e. The Morgan fingerprint density at radius 1 is 1.04 bits per heavy atom. The number of rotatable bonds is 5. The average Bonchev–Trinajstić information content (AvgIpc) is 3.10. The number of aromatic amines is 1. The Bertz CT molecular complexity index is 841. The van der Waals surface area contributed by atoms with Crippen molar-refractivity contribution in [3.05, 3.63) is 60.7 Å². The van der Waals surface area contributed by atoms with Crippen molar-refractivity contribution in [2.24, 2.45) is 0 Å². The Labute approximate surface area is 161 Å². The van der Waals surface area contributed by atoms with Gasteiger partial charge in [0.05, 0.1) is 0 Å². The summed E-state index contributed by atoms with van der Waals surface area (Å²) in [5.41, 5.74) is 7.90. The third-order valence-corrected chi connectivity index (χ3v) is 3.69. The van der Waals surface area contributed by atoms with Crippen LogP contribution in [0.15, 0.2) is 60.7 Å². The molecule has 0 saturated carbocycles. The van der Waals surface area contributed by atoms with Gasteiger partial charge in [0.1, 0.15) is 11.4 Å². The van der Waals surface area contributed by atoms with E-state index in [9.17, 15) is 4.79 Å². The van der Waals surface area contributed by atoms with Gasteiger partial charge >= 0.3 is 0 Å². The van der Waals surface area contributed by atoms with E-state index in [2.05, 4.69) is 45.9 Å². The normalized spacial score (nSPS) is 10.2. The lowest BCUT2D eigenvalue weighted by atomic mass is 10.1. The molecule has 1 aromatic heterocycles. The molecule has 0 aliphatic carbocycles. The summed E-state index contributed by atoms with van der Waals surface area (Å²) >= 11 is 9.36. The van der Waals surface area contributed by atoms with E-state index in [1.54, 1.807) is 0 Å². The molecule has 3 N–H and O–H groups in total. The second-order valence-corrected chi connectivity index (χ2v) is 6.33. The average molecular weight is 383 g/mol. The first-order valence-corrected chi connectivity index (χ1v) is 8.54. The van der Waals surface area contributed by atoms with Crippen LogP contribution in [0.1, 0.15) is 0 Å². The fourth-order valence-corrected chi connectivity index (χ4v) is 2.46. The highest BCUT2D eigenvalue weighted by Gasteiger charge is 2.18. The number of thiocarbonyl (C=S) groups is 1. The van der Waals surface area contributed by atoms with E-state index >= 15 is 0 Å². The minimum atomic E-state index is -0.406. The third kappa shape index (κ3) is 4.35. The maximum absolute atomic E-state index is 11.9. The molecule has 0 unspecified atom stereocenters. The monoisotopic (exact) mass is 383 g/mol. The van der Waals surface area contributed by atoms with Crippen LogP contribution in [0.4, 0.5) is 0 Å². The van der Waals surface area contributed by atoms with Crippen molar-refractivity contribution in [2.45, 2.75) is 0 Å². The Hall–Kier alpha value is -2.97. The first kappa shape index (κ1) is 17.8. The van der Waals surface area contributed by atoms with Gasteiger partial charge in [-0.1, -0.05) is 60.7 Å². The van der Waals surface area contributed by atoms with Gasteiger partial charge in [-0.25, -0.2) is 0 Å². The summed E-state index contributed by atoms with van der Waals surface area (Å²) in [5, 5.41) is 7.38. The van der Waals surface area contributed by atoms with Crippen LogP contribution in [0.25, 0.3) is 22.5 Å². The molecule has 0 atom stereocenters. The predicted octanol–water partition coefficient (Wildman–Crippen LogP) is 2.58. The number of H-pyrrole nitrogens is 1. The topological polar surface area (TPSA) is 79.0 Å². The molecule has 132 valence electrons. The van der Waals surface area contributed by atoms with Gasteiger partial charge in [-0.15, -0.1) is 0 Å². The standard InChI is InChI=1S/C18H16N4O2S2/c23-14(19-22-18(25)26)11-24-17-15(12-7-3-1-4-8-12)20-21-16(17)13-9-5-2-6-10-13/h1-10H,11H2,(H,19,23)(H,20,21)(H2,22,25,26)/p-1. The molecule has 1 amide bonds. The van der Waals surface area contributed by atoms with Crippen LogP contribution < -0.4 is 15.6 Å². The lowest BCUT2D eigenvalue weighted by Gasteiger charge is -2.12. The van der Waals surface area contributed by atoms with E-state index in [0.29, 0.717) is 17.1 Å². The van der Waals surface area contributed by atoms with Crippen LogP contribution in [0.2, 0.25) is 0 Å². The van der Waals surface area contributed by atoms with E-state index in [0.717, 1.165) is 11.1 Å². The van der Waals surface area contributed by atoms with Gasteiger partial charge in [0.15, 0.2) is 12.4 Å². The van der Waals surface area contributed by atoms with Gasteiger partial charge < -0.3 is 35.0 Å². The zero-order chi connectivity index (χ0) is 18.4. The largest absolute Gasteiger partial charge is 0.479 e. The SMILES string of the molecule is O=C(COc1c(-c2ccccc2)n[nH]c1-c1ccccc1)NNC(=S)[S-]. The van der Waals surface area contributed by atoms with Crippen LogP contribution in [0.5, 0.6) is 5.75 Å². The number of nitrogens with zero attached hydrogens (tertiary/aromatic N) is 1. The van der Waals surface area contributed by atoms with Crippen LogP contribution >= 0.6 is 12.2 Å². The summed E-state index contributed by atoms with van der Waals surface area (Å²) in [6.07, 6.45) is 0. The van der Waals surface area contributed by atoms with Crippen molar-refractivity contribution < 1.29 is 9.53 Å². The summed E-state index contributed by atoms with van der Waals surface area (Å²) in [6.45, 7) is -0.218. The predicted molar refractivity (Wildman–Crippen MR) is 106 cm³/mol. The number of carbonyl (C=O) groups excluding carboxylic acids is 1. The van der Waals surface area contributed by atoms with Crippen molar-refractivity contribution in [1.29, 1.82) is 0 Å². The van der Waals surface area contributed by atoms with Crippen molar-refractivity contribution in [3.8, 4) is 28.3 Å². The number of amides is 1. The van der Waals surface area contributed by atoms with Gasteiger partial charge in [0, 0.05) is 11.1 Å². The van der Waals surface area contributed by atoms with Crippen molar-refractivity contribution >= 4 is 35.1 Å². The van der Waals surface area contributed by atoms with Crippen molar-refractivity contribution in [3.63, 3.8) is 0 Å². The van der Waals surface area contributed by atoms with Gasteiger partial charge in [-0.2, -0.15) is 5.10 Å². The molecule has 1 heterocycles. The van der Waals surface area contributed by atoms with E-state index in [1.165, 1.54) is 0 Å². The van der Waals surface area contributed by atoms with Crippen LogP contribution in [-0.2, 0) is 17.4 Å². The first-order chi connectivity index (χ1) is 12.6. The zero-order valence-corrected chi connectivity index (χ0v) is 15.2. The molecule has 0 fully saturated rings. The zero-order valence-electron chi connectivity index (χ0n) is 13.6. The number of carbonyl (C=O) groups is 1. The minimum absolute atomic E-state index is 0.0524. The first-order valence-electron chi connectivity index (χ1n) is 7.73. The van der Waals surface area contributed by atoms with E-state index in [4.69, 9.17) is 4.74 Å². The molecule has 26 heavy (non-hydrogen) atoms. The Kier molecular flexibility index (Phi) is 5.77. The van der Waals surface area contributed by atoms with Gasteiger partial charge in [0.2, 0.25) is 0 Å². The molecular weight excluding hydrogens is 368 g/mol. The number of ether oxygens (including phenoxy) is 1. The second-order valence-electron chi connectivity index (χ2n) is 5.26. The smallest absolute Gasteiger partial charge is 0.276 e. The molecule has 6 nitrogen and oxygen atoms in total.